The van der Waals surface area contributed by atoms with Crippen LogP contribution in [0.15, 0.2) is 60.7 Å². The van der Waals surface area contributed by atoms with Gasteiger partial charge in [-0.1, -0.05) is 12.1 Å². The maximum Gasteiger partial charge on any atom is 0.343 e. The lowest BCUT2D eigenvalue weighted by atomic mass is 10.1. The largest absolute Gasteiger partial charge is 0.497 e. The van der Waals surface area contributed by atoms with E-state index in [-0.39, 0.29) is 17.1 Å². The number of benzene rings is 3. The van der Waals surface area contributed by atoms with Crippen molar-refractivity contribution in [3.63, 3.8) is 0 Å². The molecule has 0 N–H and O–H groups in total. The zero-order valence-electron chi connectivity index (χ0n) is 20.1. The molecule has 0 spiro atoms. The minimum absolute atomic E-state index is 0.162. The topological polar surface area (TPSA) is 89.5 Å². The van der Waals surface area contributed by atoms with Gasteiger partial charge < -0.3 is 28.4 Å². The van der Waals surface area contributed by atoms with Gasteiger partial charge in [0.15, 0.2) is 28.8 Å². The van der Waals surface area contributed by atoms with E-state index in [1.807, 2.05) is 0 Å². The summed E-state index contributed by atoms with van der Waals surface area (Å²) in [6.45, 7) is 0. The third kappa shape index (κ3) is 5.92. The van der Waals surface area contributed by atoms with E-state index >= 15 is 0 Å². The number of carbonyl (C=O) groups is 2. The van der Waals surface area contributed by atoms with Crippen molar-refractivity contribution in [3.8, 4) is 34.5 Å². The number of ether oxygens (including phenoxy) is 6. The van der Waals surface area contributed by atoms with Crippen LogP contribution in [-0.4, -0.2) is 47.3 Å². The molecule has 8 heteroatoms. The Balaban J connectivity index is 1.79. The molecule has 35 heavy (non-hydrogen) atoms. The van der Waals surface area contributed by atoms with Gasteiger partial charge >= 0.3 is 5.97 Å². The normalized spacial score (nSPS) is 10.5. The van der Waals surface area contributed by atoms with Gasteiger partial charge in [-0.2, -0.15) is 0 Å². The molecular formula is C27H26O8. The number of esters is 1. The Bertz CT molecular complexity index is 1200. The standard InChI is InChI=1S/C27H26O8/c1-30-20-10-8-18(9-11-20)21(28)12-6-17-7-13-22(23(14-17)31-2)35-27(29)19-15-24(32-3)26(34-5)25(16-19)33-4/h6-16H,1-5H3/b12-6+. The number of ketones is 1. The van der Waals surface area contributed by atoms with Gasteiger partial charge in [0.25, 0.3) is 0 Å². The molecule has 0 aliphatic carbocycles. The molecule has 8 nitrogen and oxygen atoms in total. The predicted octanol–water partition coefficient (Wildman–Crippen LogP) is 4.84. The van der Waals surface area contributed by atoms with Crippen molar-refractivity contribution in [3.05, 3.63) is 77.4 Å². The molecule has 182 valence electrons. The molecule has 3 aromatic rings. The molecule has 0 aromatic heterocycles. The highest BCUT2D eigenvalue weighted by molar-refractivity contribution is 6.06. The summed E-state index contributed by atoms with van der Waals surface area (Å²) in [4.78, 5) is 25.3. The first-order valence-corrected chi connectivity index (χ1v) is 10.5. The molecule has 3 aromatic carbocycles. The Morgan fingerprint density at radius 1 is 0.629 bits per heavy atom. The molecule has 0 saturated heterocycles. The smallest absolute Gasteiger partial charge is 0.343 e. The zero-order valence-corrected chi connectivity index (χ0v) is 20.1. The van der Waals surface area contributed by atoms with Gasteiger partial charge in [0, 0.05) is 5.56 Å². The lowest BCUT2D eigenvalue weighted by Gasteiger charge is -2.14. The van der Waals surface area contributed by atoms with Gasteiger partial charge in [-0.25, -0.2) is 4.79 Å². The second-order valence-electron chi connectivity index (χ2n) is 7.14. The van der Waals surface area contributed by atoms with Crippen molar-refractivity contribution >= 4 is 17.8 Å². The minimum atomic E-state index is -0.638. The van der Waals surface area contributed by atoms with Crippen molar-refractivity contribution in [1.82, 2.24) is 0 Å². The fourth-order valence-corrected chi connectivity index (χ4v) is 3.25. The second kappa shape index (κ2) is 11.6. The Kier molecular flexibility index (Phi) is 8.34. The van der Waals surface area contributed by atoms with Crippen LogP contribution in [0.25, 0.3) is 6.08 Å². The zero-order chi connectivity index (χ0) is 25.4. The lowest BCUT2D eigenvalue weighted by Crippen LogP contribution is -2.10. The van der Waals surface area contributed by atoms with Crippen LogP contribution in [0.3, 0.4) is 0 Å². The van der Waals surface area contributed by atoms with Gasteiger partial charge in [0.05, 0.1) is 41.1 Å². The lowest BCUT2D eigenvalue weighted by molar-refractivity contribution is 0.0728. The molecule has 0 saturated carbocycles. The van der Waals surface area contributed by atoms with Gasteiger partial charge in [-0.15, -0.1) is 0 Å². The summed E-state index contributed by atoms with van der Waals surface area (Å²) in [7, 11) is 7.42. The van der Waals surface area contributed by atoms with E-state index in [4.69, 9.17) is 28.4 Å². The molecule has 0 radical (unpaired) electrons. The quantitative estimate of drug-likeness (QED) is 0.177. The molecule has 0 aliphatic heterocycles. The van der Waals surface area contributed by atoms with Gasteiger partial charge in [0.2, 0.25) is 5.75 Å². The van der Waals surface area contributed by atoms with E-state index < -0.39 is 5.97 Å². The summed E-state index contributed by atoms with van der Waals surface area (Å²) >= 11 is 0. The van der Waals surface area contributed by atoms with E-state index in [1.165, 1.54) is 46.6 Å². The first-order chi connectivity index (χ1) is 16.9. The van der Waals surface area contributed by atoms with E-state index in [1.54, 1.807) is 55.7 Å². The average Bonchev–Trinajstić information content (AvgIpc) is 2.91. The molecule has 0 unspecified atom stereocenters. The summed E-state index contributed by atoms with van der Waals surface area (Å²) in [6.07, 6.45) is 3.11. The molecule has 3 rings (SSSR count). The van der Waals surface area contributed by atoms with Crippen LogP contribution < -0.4 is 28.4 Å². The molecule has 0 aliphatic rings. The number of rotatable bonds is 10. The highest BCUT2D eigenvalue weighted by Crippen LogP contribution is 2.39. The predicted molar refractivity (Wildman–Crippen MR) is 130 cm³/mol. The maximum absolute atomic E-state index is 12.8. The number of methoxy groups -OCH3 is 5. The Labute approximate surface area is 203 Å². The number of carbonyl (C=O) groups excluding carboxylic acids is 2. The van der Waals surface area contributed by atoms with Gasteiger partial charge in [-0.05, 0) is 60.2 Å². The van der Waals surface area contributed by atoms with Gasteiger partial charge in [0.1, 0.15) is 5.75 Å². The van der Waals surface area contributed by atoms with Crippen LogP contribution in [0.2, 0.25) is 0 Å². The number of hydrogen-bond acceptors (Lipinski definition) is 8. The maximum atomic E-state index is 12.8. The fraction of sp³-hybridized carbons (Fsp3) is 0.185. The molecule has 0 heterocycles. The van der Waals surface area contributed by atoms with Crippen molar-refractivity contribution in [2.24, 2.45) is 0 Å². The van der Waals surface area contributed by atoms with Crippen molar-refractivity contribution in [2.75, 3.05) is 35.5 Å². The minimum Gasteiger partial charge on any atom is -0.497 e. The number of hydrogen-bond donors (Lipinski definition) is 0. The summed E-state index contributed by atoms with van der Waals surface area (Å²) in [5.74, 6) is 1.43. The second-order valence-corrected chi connectivity index (χ2v) is 7.14. The Hall–Kier alpha value is -4.46. The highest BCUT2D eigenvalue weighted by Gasteiger charge is 2.19. The summed E-state index contributed by atoms with van der Waals surface area (Å²) < 4.78 is 31.9. The van der Waals surface area contributed by atoms with Crippen LogP contribution in [0, 0.1) is 0 Å². The third-order valence-electron chi connectivity index (χ3n) is 5.09. The molecule has 0 amide bonds. The van der Waals surface area contributed by atoms with Crippen LogP contribution in [0.4, 0.5) is 0 Å². The van der Waals surface area contributed by atoms with Crippen molar-refractivity contribution < 1.29 is 38.0 Å². The summed E-state index contributed by atoms with van der Waals surface area (Å²) in [5, 5.41) is 0. The first-order valence-electron chi connectivity index (χ1n) is 10.5. The van der Waals surface area contributed by atoms with Crippen molar-refractivity contribution in [2.45, 2.75) is 0 Å². The molecular weight excluding hydrogens is 452 g/mol. The van der Waals surface area contributed by atoms with E-state index in [0.717, 1.165) is 0 Å². The fourth-order valence-electron chi connectivity index (χ4n) is 3.25. The Morgan fingerprint density at radius 3 is 1.80 bits per heavy atom. The first kappa shape index (κ1) is 25.2. The van der Waals surface area contributed by atoms with Crippen molar-refractivity contribution in [1.29, 1.82) is 0 Å². The summed E-state index contributed by atoms with van der Waals surface area (Å²) in [6, 6.07) is 14.8. The molecule has 0 bridgehead atoms. The van der Waals surface area contributed by atoms with E-state index in [0.29, 0.717) is 39.9 Å². The average molecular weight is 478 g/mol. The highest BCUT2D eigenvalue weighted by atomic mass is 16.6. The molecule has 0 atom stereocenters. The Morgan fingerprint density at radius 2 is 1.26 bits per heavy atom. The van der Waals surface area contributed by atoms with Crippen LogP contribution in [0.5, 0.6) is 34.5 Å². The number of allylic oxidation sites excluding steroid dienone is 1. The monoisotopic (exact) mass is 478 g/mol. The molecule has 0 fully saturated rings. The van der Waals surface area contributed by atoms with E-state index in [2.05, 4.69) is 0 Å². The summed E-state index contributed by atoms with van der Waals surface area (Å²) in [5.41, 5.74) is 1.43. The van der Waals surface area contributed by atoms with Crippen LogP contribution >= 0.6 is 0 Å². The van der Waals surface area contributed by atoms with Crippen LogP contribution in [-0.2, 0) is 0 Å². The third-order valence-corrected chi connectivity index (χ3v) is 5.09. The van der Waals surface area contributed by atoms with Crippen LogP contribution in [0.1, 0.15) is 26.3 Å². The van der Waals surface area contributed by atoms with E-state index in [9.17, 15) is 9.59 Å². The SMILES string of the molecule is COc1ccc(C(=O)/C=C/c2ccc(OC(=O)c3cc(OC)c(OC)c(OC)c3)c(OC)c2)cc1. The van der Waals surface area contributed by atoms with Gasteiger partial charge in [-0.3, -0.25) is 4.79 Å².